The average molecular weight is 250 g/mol. The summed E-state index contributed by atoms with van der Waals surface area (Å²) in [6.45, 7) is 3.14. The molecular formula is C11H14N4O3. The summed E-state index contributed by atoms with van der Waals surface area (Å²) in [6.07, 6.45) is 0.345. The number of hydrogen-bond donors (Lipinski definition) is 4. The molecule has 3 atom stereocenters. The van der Waals surface area contributed by atoms with E-state index in [-0.39, 0.29) is 11.4 Å². The Morgan fingerprint density at radius 1 is 1.50 bits per heavy atom. The number of carbonyl (C=O) groups is 2. The SMILES string of the molecule is CC[C@H]1[C@]2(C(=O)NC(N)=C2C#N)C(=O)N[C@]1(C)O. The van der Waals surface area contributed by atoms with Crippen LogP contribution in [0.3, 0.4) is 0 Å². The molecule has 1 spiro atoms. The zero-order valence-corrected chi connectivity index (χ0v) is 10.1. The summed E-state index contributed by atoms with van der Waals surface area (Å²) in [5.74, 6) is -2.20. The number of amides is 2. The van der Waals surface area contributed by atoms with E-state index in [0.29, 0.717) is 6.42 Å². The van der Waals surface area contributed by atoms with Crippen LogP contribution in [0, 0.1) is 22.7 Å². The summed E-state index contributed by atoms with van der Waals surface area (Å²) in [5.41, 5.74) is 2.19. The Morgan fingerprint density at radius 2 is 2.11 bits per heavy atom. The van der Waals surface area contributed by atoms with Crippen molar-refractivity contribution >= 4 is 11.8 Å². The van der Waals surface area contributed by atoms with E-state index in [0.717, 1.165) is 0 Å². The molecule has 1 saturated heterocycles. The van der Waals surface area contributed by atoms with Crippen molar-refractivity contribution in [1.29, 1.82) is 5.26 Å². The Hall–Kier alpha value is -2.07. The summed E-state index contributed by atoms with van der Waals surface area (Å²) in [5, 5.41) is 24.0. The van der Waals surface area contributed by atoms with Gasteiger partial charge in [-0.2, -0.15) is 5.26 Å². The molecule has 2 rings (SSSR count). The molecule has 0 aromatic carbocycles. The van der Waals surface area contributed by atoms with Crippen molar-refractivity contribution in [3.8, 4) is 6.07 Å². The van der Waals surface area contributed by atoms with Crippen LogP contribution < -0.4 is 16.4 Å². The molecule has 0 aliphatic carbocycles. The van der Waals surface area contributed by atoms with Crippen LogP contribution in [0.1, 0.15) is 20.3 Å². The van der Waals surface area contributed by atoms with Crippen molar-refractivity contribution in [2.45, 2.75) is 26.0 Å². The topological polar surface area (TPSA) is 128 Å². The lowest BCUT2D eigenvalue weighted by Gasteiger charge is -2.30. The molecule has 0 radical (unpaired) electrons. The van der Waals surface area contributed by atoms with Crippen LogP contribution in [-0.4, -0.2) is 22.6 Å². The Morgan fingerprint density at radius 3 is 2.61 bits per heavy atom. The summed E-state index contributed by atoms with van der Waals surface area (Å²) >= 11 is 0. The number of rotatable bonds is 1. The Labute approximate surface area is 104 Å². The molecule has 96 valence electrons. The molecule has 5 N–H and O–H groups in total. The van der Waals surface area contributed by atoms with Gasteiger partial charge < -0.3 is 21.5 Å². The molecule has 18 heavy (non-hydrogen) atoms. The average Bonchev–Trinajstić information content (AvgIpc) is 2.61. The number of nitrogens with zero attached hydrogens (tertiary/aromatic N) is 1. The second-order valence-corrected chi connectivity index (χ2v) is 4.73. The van der Waals surface area contributed by atoms with Gasteiger partial charge in [0.15, 0.2) is 5.41 Å². The Kier molecular flexibility index (Phi) is 2.38. The second-order valence-electron chi connectivity index (χ2n) is 4.73. The van der Waals surface area contributed by atoms with Gasteiger partial charge in [0.1, 0.15) is 17.6 Å². The standard InChI is InChI=1S/C11H14N4O3/c1-3-6-10(2,18)15-9(17)11(6)5(4-12)7(13)14-8(11)16/h6,18H,3,13H2,1-2H3,(H,14,16)(H,15,17)/t6-,10-,11-/m1/s1. The van der Waals surface area contributed by atoms with Gasteiger partial charge in [-0.25, -0.2) is 0 Å². The summed E-state index contributed by atoms with van der Waals surface area (Å²) < 4.78 is 0. The van der Waals surface area contributed by atoms with Crippen LogP contribution in [0.5, 0.6) is 0 Å². The number of nitriles is 1. The predicted molar refractivity (Wildman–Crippen MR) is 59.9 cm³/mol. The lowest BCUT2D eigenvalue weighted by atomic mass is 9.68. The van der Waals surface area contributed by atoms with Gasteiger partial charge in [-0.15, -0.1) is 0 Å². The van der Waals surface area contributed by atoms with Gasteiger partial charge in [-0.1, -0.05) is 6.92 Å². The van der Waals surface area contributed by atoms with Crippen molar-refractivity contribution in [1.82, 2.24) is 10.6 Å². The van der Waals surface area contributed by atoms with Crippen molar-refractivity contribution in [2.24, 2.45) is 17.1 Å². The minimum absolute atomic E-state index is 0.116. The fourth-order valence-corrected chi connectivity index (χ4v) is 3.01. The molecule has 7 heteroatoms. The van der Waals surface area contributed by atoms with E-state index in [1.54, 1.807) is 6.92 Å². The first kappa shape index (κ1) is 12.4. The van der Waals surface area contributed by atoms with Crippen LogP contribution >= 0.6 is 0 Å². The molecular weight excluding hydrogens is 236 g/mol. The molecule has 7 nitrogen and oxygen atoms in total. The number of hydrogen-bond acceptors (Lipinski definition) is 5. The third kappa shape index (κ3) is 1.15. The van der Waals surface area contributed by atoms with Gasteiger partial charge in [0.05, 0.1) is 5.57 Å². The van der Waals surface area contributed by atoms with Crippen LogP contribution in [0.15, 0.2) is 11.4 Å². The third-order valence-corrected chi connectivity index (χ3v) is 3.72. The fourth-order valence-electron chi connectivity index (χ4n) is 3.01. The van der Waals surface area contributed by atoms with Gasteiger partial charge in [-0.3, -0.25) is 9.59 Å². The molecule has 0 bridgehead atoms. The fraction of sp³-hybridized carbons (Fsp3) is 0.545. The highest BCUT2D eigenvalue weighted by atomic mass is 16.3. The van der Waals surface area contributed by atoms with Gasteiger partial charge in [0, 0.05) is 5.92 Å². The highest BCUT2D eigenvalue weighted by Crippen LogP contribution is 2.50. The first-order valence-corrected chi connectivity index (χ1v) is 5.59. The largest absolute Gasteiger partial charge is 0.384 e. The minimum atomic E-state index is -1.71. The van der Waals surface area contributed by atoms with Crippen LogP contribution in [0.25, 0.3) is 0 Å². The Bertz CT molecular complexity index is 517. The molecule has 2 heterocycles. The first-order chi connectivity index (χ1) is 8.32. The first-order valence-electron chi connectivity index (χ1n) is 5.59. The van der Waals surface area contributed by atoms with Gasteiger partial charge in [0.25, 0.3) is 0 Å². The number of carbonyl (C=O) groups excluding carboxylic acids is 2. The lowest BCUT2D eigenvalue weighted by Crippen LogP contribution is -2.46. The van der Waals surface area contributed by atoms with Gasteiger partial charge in [0.2, 0.25) is 11.8 Å². The highest BCUT2D eigenvalue weighted by molar-refractivity contribution is 6.13. The Balaban J connectivity index is 2.70. The number of aliphatic hydroxyl groups is 1. The maximum absolute atomic E-state index is 12.1. The molecule has 0 aromatic heterocycles. The van der Waals surface area contributed by atoms with Crippen molar-refractivity contribution in [3.05, 3.63) is 11.4 Å². The third-order valence-electron chi connectivity index (χ3n) is 3.72. The molecule has 0 unspecified atom stereocenters. The maximum atomic E-state index is 12.1. The van der Waals surface area contributed by atoms with Crippen molar-refractivity contribution < 1.29 is 14.7 Å². The van der Waals surface area contributed by atoms with Gasteiger partial charge in [-0.05, 0) is 13.3 Å². The zero-order valence-electron chi connectivity index (χ0n) is 10.1. The monoisotopic (exact) mass is 250 g/mol. The van der Waals surface area contributed by atoms with Gasteiger partial charge >= 0.3 is 0 Å². The van der Waals surface area contributed by atoms with E-state index in [4.69, 9.17) is 11.0 Å². The van der Waals surface area contributed by atoms with Crippen molar-refractivity contribution in [2.75, 3.05) is 0 Å². The number of nitrogens with one attached hydrogen (secondary N) is 2. The highest BCUT2D eigenvalue weighted by Gasteiger charge is 2.68. The summed E-state index contributed by atoms with van der Waals surface area (Å²) in [7, 11) is 0. The van der Waals surface area contributed by atoms with E-state index in [1.165, 1.54) is 6.92 Å². The predicted octanol–water partition coefficient (Wildman–Crippen LogP) is -1.34. The van der Waals surface area contributed by atoms with E-state index in [1.807, 2.05) is 6.07 Å². The van der Waals surface area contributed by atoms with Crippen LogP contribution in [-0.2, 0) is 9.59 Å². The molecule has 2 aliphatic heterocycles. The lowest BCUT2D eigenvalue weighted by molar-refractivity contribution is -0.138. The summed E-state index contributed by atoms with van der Waals surface area (Å²) in [4.78, 5) is 24.2. The summed E-state index contributed by atoms with van der Waals surface area (Å²) in [6, 6.07) is 1.81. The second kappa shape index (κ2) is 3.46. The van der Waals surface area contributed by atoms with E-state index < -0.39 is 28.9 Å². The molecule has 2 aliphatic rings. The van der Waals surface area contributed by atoms with E-state index in [2.05, 4.69) is 10.6 Å². The van der Waals surface area contributed by atoms with Crippen molar-refractivity contribution in [3.63, 3.8) is 0 Å². The zero-order chi connectivity index (χ0) is 13.7. The van der Waals surface area contributed by atoms with E-state index >= 15 is 0 Å². The quantitative estimate of drug-likeness (QED) is 0.428. The maximum Gasteiger partial charge on any atom is 0.247 e. The van der Waals surface area contributed by atoms with Crippen LogP contribution in [0.4, 0.5) is 0 Å². The van der Waals surface area contributed by atoms with E-state index in [9.17, 15) is 14.7 Å². The normalized spacial score (nSPS) is 38.9. The smallest absolute Gasteiger partial charge is 0.247 e. The molecule has 1 fully saturated rings. The number of nitrogens with two attached hydrogens (primary N) is 1. The molecule has 0 aromatic rings. The molecule has 2 amide bonds. The minimum Gasteiger partial charge on any atom is -0.384 e. The molecule has 0 saturated carbocycles. The van der Waals surface area contributed by atoms with Crippen LogP contribution in [0.2, 0.25) is 0 Å².